The van der Waals surface area contributed by atoms with E-state index in [0.717, 1.165) is 18.2 Å². The van der Waals surface area contributed by atoms with Crippen LogP contribution in [-0.4, -0.2) is 77.1 Å². The number of phenolic OH excluding ortho intramolecular Hbond substituents is 2. The monoisotopic (exact) mass is 443 g/mol. The number of rotatable bonds is 7. The number of aliphatic carboxylic acids is 1. The Hall–Kier alpha value is -3.92. The Kier molecular flexibility index (Phi) is 5.67. The van der Waals surface area contributed by atoms with Crippen molar-refractivity contribution < 1.29 is 48.8 Å². The van der Waals surface area contributed by atoms with Gasteiger partial charge in [0.15, 0.2) is 11.9 Å². The maximum absolute atomic E-state index is 13.0. The zero-order valence-electron chi connectivity index (χ0n) is 17.5. The summed E-state index contributed by atoms with van der Waals surface area (Å²) in [4.78, 5) is 48.3. The number of likely N-dealkylation sites (N-methyl/N-ethyl adjacent to an activating group) is 1. The van der Waals surface area contributed by atoms with Crippen LogP contribution in [0.25, 0.3) is 0 Å². The van der Waals surface area contributed by atoms with Gasteiger partial charge in [0.1, 0.15) is 23.8 Å². The van der Waals surface area contributed by atoms with E-state index in [1.807, 2.05) is 21.1 Å². The Morgan fingerprint density at radius 3 is 2.06 bits per heavy atom. The minimum absolute atomic E-state index is 0.0517. The molecule has 0 spiro atoms. The van der Waals surface area contributed by atoms with Gasteiger partial charge in [-0.3, -0.25) is 9.59 Å². The van der Waals surface area contributed by atoms with Crippen LogP contribution < -0.4 is 9.84 Å². The van der Waals surface area contributed by atoms with E-state index in [1.165, 1.54) is 6.07 Å². The number of ether oxygens (including phenoxy) is 1. The number of phenols is 2. The first-order valence-electron chi connectivity index (χ1n) is 9.52. The van der Waals surface area contributed by atoms with Gasteiger partial charge in [0.2, 0.25) is 5.78 Å². The second-order valence-corrected chi connectivity index (χ2v) is 8.54. The van der Waals surface area contributed by atoms with E-state index in [0.29, 0.717) is 4.48 Å². The third kappa shape index (κ3) is 4.40. The second kappa shape index (κ2) is 7.97. The van der Waals surface area contributed by atoms with Crippen LogP contribution in [0.2, 0.25) is 0 Å². The Balaban J connectivity index is 2.07. The van der Waals surface area contributed by atoms with Crippen LogP contribution in [0.1, 0.15) is 48.6 Å². The van der Waals surface area contributed by atoms with Gasteiger partial charge in [-0.25, -0.2) is 4.79 Å². The molecule has 0 saturated carbocycles. The number of nitrogens with zero attached hydrogens (tertiary/aromatic N) is 1. The fraction of sp³-hybridized carbons (Fsp3) is 0.273. The molecule has 2 aromatic carbocycles. The topological polar surface area (TPSA) is 161 Å². The number of ketones is 2. The first-order chi connectivity index (χ1) is 14.8. The Morgan fingerprint density at radius 1 is 0.969 bits per heavy atom. The highest BCUT2D eigenvalue weighted by Gasteiger charge is 2.36. The number of hydrogen-bond acceptors (Lipinski definition) is 8. The van der Waals surface area contributed by atoms with Gasteiger partial charge in [0.05, 0.1) is 37.8 Å². The number of carboxylic acid groups (broad SMARTS) is 2. The van der Waals surface area contributed by atoms with Gasteiger partial charge in [-0.2, -0.15) is 0 Å². The molecule has 0 aromatic heterocycles. The Morgan fingerprint density at radius 2 is 1.53 bits per heavy atom. The van der Waals surface area contributed by atoms with E-state index in [1.54, 1.807) is 0 Å². The van der Waals surface area contributed by atoms with E-state index < -0.39 is 53.1 Å². The normalized spacial score (nSPS) is 13.8. The number of aromatic carboxylic acids is 1. The quantitative estimate of drug-likeness (QED) is 0.432. The number of quaternary nitrogens is 1. The number of benzene rings is 2. The van der Waals surface area contributed by atoms with Gasteiger partial charge in [-0.1, -0.05) is 0 Å². The largest absolute Gasteiger partial charge is 0.550 e. The molecule has 10 heteroatoms. The molecule has 1 atom stereocenters. The van der Waals surface area contributed by atoms with Crippen molar-refractivity contribution in [1.82, 2.24) is 0 Å². The van der Waals surface area contributed by atoms with Gasteiger partial charge in [-0.05, 0) is 18.2 Å². The molecule has 1 unspecified atom stereocenters. The van der Waals surface area contributed by atoms with Crippen molar-refractivity contribution in [1.29, 1.82) is 0 Å². The zero-order valence-corrected chi connectivity index (χ0v) is 17.5. The highest BCUT2D eigenvalue weighted by Crippen LogP contribution is 2.39. The molecular formula is C22H21NO9. The summed E-state index contributed by atoms with van der Waals surface area (Å²) in [7, 11) is 5.46. The van der Waals surface area contributed by atoms with Crippen molar-refractivity contribution in [3.63, 3.8) is 0 Å². The first kappa shape index (κ1) is 22.8. The van der Waals surface area contributed by atoms with Crippen LogP contribution >= 0.6 is 0 Å². The van der Waals surface area contributed by atoms with E-state index in [2.05, 4.69) is 0 Å². The Labute approximate surface area is 182 Å². The van der Waals surface area contributed by atoms with Gasteiger partial charge < -0.3 is 34.4 Å². The summed E-state index contributed by atoms with van der Waals surface area (Å²) in [5.74, 6) is -5.74. The summed E-state index contributed by atoms with van der Waals surface area (Å²) < 4.78 is 6.06. The van der Waals surface area contributed by atoms with E-state index in [-0.39, 0.29) is 34.5 Å². The molecule has 3 rings (SSSR count). The molecule has 0 radical (unpaired) electrons. The summed E-state index contributed by atoms with van der Waals surface area (Å²) in [6.07, 6.45) is -1.30. The molecule has 10 nitrogen and oxygen atoms in total. The average Bonchev–Trinajstić information content (AvgIpc) is 2.63. The molecule has 0 fully saturated rings. The summed E-state index contributed by atoms with van der Waals surface area (Å²) in [6, 6.07) is 4.08. The molecule has 0 bridgehead atoms. The van der Waals surface area contributed by atoms with Crippen LogP contribution in [0.4, 0.5) is 0 Å². The lowest BCUT2D eigenvalue weighted by Crippen LogP contribution is -2.45. The van der Waals surface area contributed by atoms with E-state index >= 15 is 0 Å². The predicted molar refractivity (Wildman–Crippen MR) is 107 cm³/mol. The third-order valence-electron chi connectivity index (χ3n) is 4.85. The molecule has 0 amide bonds. The first-order valence-corrected chi connectivity index (χ1v) is 9.52. The zero-order chi connectivity index (χ0) is 24.0. The van der Waals surface area contributed by atoms with Crippen LogP contribution in [0, 0.1) is 0 Å². The number of hydrogen-bond donors (Lipinski definition) is 3. The maximum Gasteiger partial charge on any atom is 0.335 e. The van der Waals surface area contributed by atoms with Gasteiger partial charge in [0.25, 0.3) is 0 Å². The number of carboxylic acids is 2. The summed E-state index contributed by atoms with van der Waals surface area (Å²) in [6.45, 7) is 0.261. The maximum atomic E-state index is 13.0. The third-order valence-corrected chi connectivity index (χ3v) is 4.85. The summed E-state index contributed by atoms with van der Waals surface area (Å²) in [5, 5.41) is 40.9. The lowest BCUT2D eigenvalue weighted by Gasteiger charge is -2.30. The van der Waals surface area contributed by atoms with Crippen molar-refractivity contribution in [3.8, 4) is 17.2 Å². The predicted octanol–water partition coefficient (Wildman–Crippen LogP) is 0.165. The van der Waals surface area contributed by atoms with Crippen molar-refractivity contribution in [3.05, 3.63) is 52.1 Å². The summed E-state index contributed by atoms with van der Waals surface area (Å²) >= 11 is 0. The van der Waals surface area contributed by atoms with Crippen LogP contribution in [-0.2, 0) is 4.79 Å². The second-order valence-electron chi connectivity index (χ2n) is 8.54. The molecule has 0 aliphatic heterocycles. The molecule has 168 valence electrons. The van der Waals surface area contributed by atoms with Gasteiger partial charge in [0, 0.05) is 29.6 Å². The molecular weight excluding hydrogens is 422 g/mol. The van der Waals surface area contributed by atoms with Crippen molar-refractivity contribution >= 4 is 23.5 Å². The molecule has 0 saturated heterocycles. The molecule has 1 aliphatic carbocycles. The lowest BCUT2D eigenvalue weighted by molar-refractivity contribution is -0.873. The minimum atomic E-state index is -1.40. The number of carbonyl (C=O) groups is 4. The van der Waals surface area contributed by atoms with Gasteiger partial charge >= 0.3 is 5.97 Å². The van der Waals surface area contributed by atoms with Crippen LogP contribution in [0.15, 0.2) is 24.3 Å². The fourth-order valence-corrected chi connectivity index (χ4v) is 3.66. The van der Waals surface area contributed by atoms with E-state index in [4.69, 9.17) is 4.74 Å². The number of aromatic hydroxyl groups is 2. The highest BCUT2D eigenvalue weighted by atomic mass is 16.5. The standard InChI is InChI=1S/C22H21NO9/c1-23(2,3)9-12(8-17(26)27)32-11-6-14-19(16(25)7-11)21(29)18-13(20(14)28)4-10(22(30)31)5-15(18)24/h4-7,12H,8-9H2,1-3H3,(H3-,24,25,26,27,29,30,31). The highest BCUT2D eigenvalue weighted by molar-refractivity contribution is 6.30. The molecule has 3 N–H and O–H groups in total. The van der Waals surface area contributed by atoms with E-state index in [9.17, 15) is 39.6 Å². The lowest BCUT2D eigenvalue weighted by atomic mass is 9.82. The van der Waals surface area contributed by atoms with Crippen molar-refractivity contribution in [2.24, 2.45) is 0 Å². The fourth-order valence-electron chi connectivity index (χ4n) is 3.66. The molecule has 0 heterocycles. The van der Waals surface area contributed by atoms with Crippen LogP contribution in [0.3, 0.4) is 0 Å². The number of carbonyl (C=O) groups excluding carboxylic acids is 3. The van der Waals surface area contributed by atoms with Crippen LogP contribution in [0.5, 0.6) is 17.2 Å². The smallest absolute Gasteiger partial charge is 0.335 e. The average molecular weight is 443 g/mol. The molecule has 1 aliphatic rings. The van der Waals surface area contributed by atoms with Gasteiger partial charge in [-0.15, -0.1) is 0 Å². The minimum Gasteiger partial charge on any atom is -0.550 e. The number of fused-ring (bicyclic) bond motifs is 2. The molecule has 32 heavy (non-hydrogen) atoms. The Bertz CT molecular complexity index is 1160. The summed E-state index contributed by atoms with van der Waals surface area (Å²) in [5.41, 5.74) is -1.74. The SMILES string of the molecule is C[N+](C)(C)CC(CC(=O)[O-])Oc1cc(O)c2c(c1)C(=O)c1cc(C(=O)O)cc(O)c1C2=O. The molecule has 2 aromatic rings. The van der Waals surface area contributed by atoms with Crippen molar-refractivity contribution in [2.45, 2.75) is 12.5 Å². The van der Waals surface area contributed by atoms with Crippen molar-refractivity contribution in [2.75, 3.05) is 27.7 Å².